The molecule has 8 nitrogen and oxygen atoms in total. The molecule has 3 heterocycles. The van der Waals surface area contributed by atoms with Crippen molar-refractivity contribution in [2.75, 3.05) is 54.0 Å². The first-order valence-electron chi connectivity index (χ1n) is 15.2. The molecule has 2 unspecified atom stereocenters. The first-order valence-corrected chi connectivity index (χ1v) is 16.1. The summed E-state index contributed by atoms with van der Waals surface area (Å²) in [6.07, 6.45) is 4.80. The second-order valence-electron chi connectivity index (χ2n) is 11.3. The van der Waals surface area contributed by atoms with Crippen molar-refractivity contribution in [3.05, 3.63) is 79.9 Å². The number of aliphatic hydroxyl groups is 1. The summed E-state index contributed by atoms with van der Waals surface area (Å²) in [6, 6.07) is 16.6. The number of amides is 3. The van der Waals surface area contributed by atoms with E-state index >= 15 is 0 Å². The molecule has 3 amide bonds. The molecule has 43 heavy (non-hydrogen) atoms. The number of anilines is 3. The maximum Gasteiger partial charge on any atom is 0.251 e. The molecular formula is C34H42N4O4S. The SMILES string of the molecule is C=CCN(C(=O)C1N(CCO)C(=O)[C@@H]2[C@@H](C(=O)N(CC=C)c3ccccc3)[C@H]3CCC12S3)c1ccc(N(CC)CC)cc1. The maximum atomic E-state index is 14.6. The average molecular weight is 603 g/mol. The van der Waals surface area contributed by atoms with Crippen LogP contribution in [0.25, 0.3) is 0 Å². The number of rotatable bonds is 13. The van der Waals surface area contributed by atoms with Crippen LogP contribution in [0, 0.1) is 11.8 Å². The normalized spacial score (nSPS) is 25.4. The fraction of sp³-hybridized carbons (Fsp3) is 0.441. The molecule has 1 spiro atoms. The molecule has 9 heteroatoms. The summed E-state index contributed by atoms with van der Waals surface area (Å²) in [6.45, 7) is 14.1. The van der Waals surface area contributed by atoms with E-state index in [9.17, 15) is 19.5 Å². The monoisotopic (exact) mass is 602 g/mol. The highest BCUT2D eigenvalue weighted by Crippen LogP contribution is 2.66. The second kappa shape index (κ2) is 13.0. The van der Waals surface area contributed by atoms with Crippen molar-refractivity contribution in [1.29, 1.82) is 0 Å². The molecule has 2 aromatic rings. The van der Waals surface area contributed by atoms with E-state index in [1.807, 2.05) is 54.6 Å². The third kappa shape index (κ3) is 5.27. The predicted molar refractivity (Wildman–Crippen MR) is 174 cm³/mol. The molecular weight excluding hydrogens is 560 g/mol. The zero-order chi connectivity index (χ0) is 30.7. The van der Waals surface area contributed by atoms with Gasteiger partial charge in [0.25, 0.3) is 5.91 Å². The van der Waals surface area contributed by atoms with Crippen LogP contribution >= 0.6 is 11.8 Å². The lowest BCUT2D eigenvalue weighted by Crippen LogP contribution is -2.55. The van der Waals surface area contributed by atoms with Gasteiger partial charge >= 0.3 is 0 Å². The molecule has 3 aliphatic heterocycles. The fourth-order valence-electron chi connectivity index (χ4n) is 7.33. The lowest BCUT2D eigenvalue weighted by atomic mass is 9.70. The number of hydrogen-bond acceptors (Lipinski definition) is 6. The van der Waals surface area contributed by atoms with Crippen molar-refractivity contribution >= 4 is 46.5 Å². The highest BCUT2D eigenvalue weighted by molar-refractivity contribution is 8.02. The summed E-state index contributed by atoms with van der Waals surface area (Å²) < 4.78 is -0.745. The molecule has 1 N–H and O–H groups in total. The summed E-state index contributed by atoms with van der Waals surface area (Å²) in [5, 5.41) is 9.95. The lowest BCUT2D eigenvalue weighted by molar-refractivity contribution is -0.139. The van der Waals surface area contributed by atoms with Gasteiger partial charge < -0.3 is 24.7 Å². The van der Waals surface area contributed by atoms with Crippen LogP contribution in [0.2, 0.25) is 0 Å². The van der Waals surface area contributed by atoms with Gasteiger partial charge in [-0.3, -0.25) is 14.4 Å². The van der Waals surface area contributed by atoms with Crippen LogP contribution < -0.4 is 14.7 Å². The summed E-state index contributed by atoms with van der Waals surface area (Å²) in [4.78, 5) is 50.3. The Labute approximate surface area is 259 Å². The van der Waals surface area contributed by atoms with Crippen molar-refractivity contribution in [2.45, 2.75) is 42.7 Å². The van der Waals surface area contributed by atoms with Crippen molar-refractivity contribution in [1.82, 2.24) is 4.90 Å². The van der Waals surface area contributed by atoms with E-state index in [0.717, 1.165) is 36.6 Å². The quantitative estimate of drug-likeness (QED) is 0.343. The number of hydrogen-bond donors (Lipinski definition) is 1. The van der Waals surface area contributed by atoms with Gasteiger partial charge in [-0.15, -0.1) is 24.9 Å². The third-order valence-corrected chi connectivity index (χ3v) is 11.1. The highest BCUT2D eigenvalue weighted by Gasteiger charge is 2.74. The van der Waals surface area contributed by atoms with Gasteiger partial charge in [-0.1, -0.05) is 30.4 Å². The van der Waals surface area contributed by atoms with E-state index < -0.39 is 22.6 Å². The van der Waals surface area contributed by atoms with Crippen LogP contribution in [0.5, 0.6) is 0 Å². The van der Waals surface area contributed by atoms with Crippen molar-refractivity contribution in [3.8, 4) is 0 Å². The number of β-amino-alcohol motifs (C(OH)–C–C–N with tert-alkyl or cyclic N) is 1. The fourth-order valence-corrected chi connectivity index (χ4v) is 9.54. The Morgan fingerprint density at radius 2 is 1.53 bits per heavy atom. The molecule has 5 rings (SSSR count). The molecule has 0 aromatic heterocycles. The molecule has 2 bridgehead atoms. The Kier molecular flexibility index (Phi) is 9.32. The number of fused-ring (bicyclic) bond motifs is 1. The summed E-state index contributed by atoms with van der Waals surface area (Å²) in [5.41, 5.74) is 2.55. The Morgan fingerprint density at radius 3 is 2.12 bits per heavy atom. The number of nitrogens with zero attached hydrogens (tertiary/aromatic N) is 4. The van der Waals surface area contributed by atoms with Crippen molar-refractivity contribution < 1.29 is 19.5 Å². The Morgan fingerprint density at radius 1 is 0.953 bits per heavy atom. The van der Waals surface area contributed by atoms with Crippen LogP contribution in [0.4, 0.5) is 17.1 Å². The molecule has 2 aromatic carbocycles. The van der Waals surface area contributed by atoms with Gasteiger partial charge in [-0.2, -0.15) is 0 Å². The largest absolute Gasteiger partial charge is 0.395 e. The van der Waals surface area contributed by atoms with Crippen LogP contribution in [0.3, 0.4) is 0 Å². The molecule has 228 valence electrons. The van der Waals surface area contributed by atoms with Gasteiger partial charge in [0.15, 0.2) is 0 Å². The first-order chi connectivity index (χ1) is 20.9. The van der Waals surface area contributed by atoms with Gasteiger partial charge in [0, 0.05) is 55.0 Å². The summed E-state index contributed by atoms with van der Waals surface area (Å²) in [5.74, 6) is -1.74. The van der Waals surface area contributed by atoms with E-state index in [1.165, 1.54) is 0 Å². The van der Waals surface area contributed by atoms with Gasteiger partial charge in [0.05, 0.1) is 23.2 Å². The Bertz CT molecular complexity index is 1350. The molecule has 3 fully saturated rings. The number of para-hydroxylation sites is 1. The van der Waals surface area contributed by atoms with Crippen molar-refractivity contribution in [3.63, 3.8) is 0 Å². The summed E-state index contributed by atoms with van der Waals surface area (Å²) >= 11 is 1.63. The predicted octanol–water partition coefficient (Wildman–Crippen LogP) is 4.35. The third-order valence-electron chi connectivity index (χ3n) is 9.17. The van der Waals surface area contributed by atoms with Crippen LogP contribution in [-0.4, -0.2) is 83.1 Å². The molecule has 0 radical (unpaired) electrons. The molecule has 0 aliphatic carbocycles. The van der Waals surface area contributed by atoms with Gasteiger partial charge in [-0.25, -0.2) is 0 Å². The average Bonchev–Trinajstić information content (AvgIpc) is 3.67. The number of carbonyl (C=O) groups excluding carboxylic acids is 3. The molecule has 5 atom stereocenters. The number of carbonyl (C=O) groups is 3. The minimum atomic E-state index is -0.795. The van der Waals surface area contributed by atoms with E-state index in [1.54, 1.807) is 38.6 Å². The number of aliphatic hydroxyl groups excluding tert-OH is 1. The van der Waals surface area contributed by atoms with E-state index in [4.69, 9.17) is 0 Å². The van der Waals surface area contributed by atoms with Gasteiger partial charge in [-0.05, 0) is 63.1 Å². The number of benzene rings is 2. The lowest BCUT2D eigenvalue weighted by Gasteiger charge is -2.37. The van der Waals surface area contributed by atoms with Gasteiger partial charge in [0.1, 0.15) is 6.04 Å². The van der Waals surface area contributed by atoms with Crippen molar-refractivity contribution in [2.24, 2.45) is 11.8 Å². The van der Waals surface area contributed by atoms with Crippen LogP contribution in [-0.2, 0) is 14.4 Å². The minimum Gasteiger partial charge on any atom is -0.395 e. The zero-order valence-electron chi connectivity index (χ0n) is 25.1. The zero-order valence-corrected chi connectivity index (χ0v) is 25.9. The first kappa shape index (κ1) is 30.9. The molecule has 0 saturated carbocycles. The Balaban J connectivity index is 1.51. The Hall–Kier alpha value is -3.56. The highest BCUT2D eigenvalue weighted by atomic mass is 32.2. The van der Waals surface area contributed by atoms with E-state index in [2.05, 4.69) is 31.9 Å². The minimum absolute atomic E-state index is 0.0392. The topological polar surface area (TPSA) is 84.4 Å². The molecule has 3 saturated heterocycles. The molecule has 3 aliphatic rings. The van der Waals surface area contributed by atoms with Gasteiger partial charge in [0.2, 0.25) is 11.8 Å². The van der Waals surface area contributed by atoms with E-state index in [0.29, 0.717) is 13.0 Å². The second-order valence-corrected chi connectivity index (χ2v) is 12.9. The van der Waals surface area contributed by atoms with Crippen LogP contribution in [0.1, 0.15) is 26.7 Å². The smallest absolute Gasteiger partial charge is 0.251 e. The number of thioether (sulfide) groups is 1. The maximum absolute atomic E-state index is 14.6. The van der Waals surface area contributed by atoms with E-state index in [-0.39, 0.29) is 42.7 Å². The summed E-state index contributed by atoms with van der Waals surface area (Å²) in [7, 11) is 0. The standard InChI is InChI=1S/C34H42N4O4S/c1-5-20-36(25-12-10-9-11-13-25)31(40)28-27-18-19-34(43-27)29(28)32(41)38(22-23-39)30(34)33(42)37(21-6-2)26-16-14-24(15-17-26)35(7-3)8-4/h5-6,9-17,27-30,39H,1-2,7-8,18-23H2,3-4H3/t27-,28+,29+,30?,34?/m1/s1. The van der Waals surface area contributed by atoms with Crippen LogP contribution in [0.15, 0.2) is 79.9 Å². The number of likely N-dealkylation sites (tertiary alicyclic amines) is 1.